The van der Waals surface area contributed by atoms with E-state index in [1.54, 1.807) is 6.07 Å². The van der Waals surface area contributed by atoms with Gasteiger partial charge in [0.15, 0.2) is 0 Å². The average Bonchev–Trinajstić information content (AvgIpc) is 2.24. The second-order valence-electron chi connectivity index (χ2n) is 4.22. The Hall–Kier alpha value is -1.32. The van der Waals surface area contributed by atoms with Gasteiger partial charge in [-0.05, 0) is 13.3 Å². The Labute approximate surface area is 97.7 Å². The SMILES string of the molecule is CCCCCCC(C)Nc1cc(N)ncn1. The molecule has 16 heavy (non-hydrogen) atoms. The van der Waals surface area contributed by atoms with Crippen LogP contribution in [0, 0.1) is 0 Å². The molecule has 0 bridgehead atoms. The van der Waals surface area contributed by atoms with Gasteiger partial charge in [-0.3, -0.25) is 0 Å². The number of anilines is 2. The summed E-state index contributed by atoms with van der Waals surface area (Å²) in [5.41, 5.74) is 5.58. The Bertz CT molecular complexity index is 301. The molecule has 0 saturated carbocycles. The van der Waals surface area contributed by atoms with Crippen molar-refractivity contribution in [1.82, 2.24) is 9.97 Å². The van der Waals surface area contributed by atoms with Crippen molar-refractivity contribution >= 4 is 11.6 Å². The summed E-state index contributed by atoms with van der Waals surface area (Å²) >= 11 is 0. The fourth-order valence-electron chi connectivity index (χ4n) is 1.65. The molecule has 0 aromatic carbocycles. The Balaban J connectivity index is 2.25. The molecule has 0 fully saturated rings. The summed E-state index contributed by atoms with van der Waals surface area (Å²) in [4.78, 5) is 7.98. The van der Waals surface area contributed by atoms with Crippen LogP contribution >= 0.6 is 0 Å². The largest absolute Gasteiger partial charge is 0.384 e. The van der Waals surface area contributed by atoms with Crippen LogP contribution < -0.4 is 11.1 Å². The minimum absolute atomic E-state index is 0.436. The maximum absolute atomic E-state index is 5.58. The number of nitrogens with two attached hydrogens (primary N) is 1. The first-order chi connectivity index (χ1) is 7.72. The predicted octanol–water partition coefficient (Wildman–Crippen LogP) is 2.83. The van der Waals surface area contributed by atoms with E-state index in [1.807, 2.05) is 0 Å². The van der Waals surface area contributed by atoms with Gasteiger partial charge < -0.3 is 11.1 Å². The van der Waals surface area contributed by atoms with Crippen molar-refractivity contribution in [3.63, 3.8) is 0 Å². The van der Waals surface area contributed by atoms with E-state index in [0.717, 1.165) is 5.82 Å². The molecule has 3 N–H and O–H groups in total. The van der Waals surface area contributed by atoms with E-state index in [9.17, 15) is 0 Å². The van der Waals surface area contributed by atoms with Crippen LogP contribution in [0.2, 0.25) is 0 Å². The van der Waals surface area contributed by atoms with Crippen molar-refractivity contribution in [2.75, 3.05) is 11.1 Å². The van der Waals surface area contributed by atoms with Gasteiger partial charge in [0.25, 0.3) is 0 Å². The third-order valence-corrected chi connectivity index (χ3v) is 2.57. The quantitative estimate of drug-likeness (QED) is 0.696. The maximum Gasteiger partial charge on any atom is 0.131 e. The monoisotopic (exact) mass is 222 g/mol. The molecule has 90 valence electrons. The van der Waals surface area contributed by atoms with Gasteiger partial charge in [0.1, 0.15) is 18.0 Å². The fourth-order valence-corrected chi connectivity index (χ4v) is 1.65. The lowest BCUT2D eigenvalue weighted by Gasteiger charge is -2.14. The highest BCUT2D eigenvalue weighted by Gasteiger charge is 2.02. The third-order valence-electron chi connectivity index (χ3n) is 2.57. The second kappa shape index (κ2) is 7.04. The first-order valence-corrected chi connectivity index (χ1v) is 6.06. The van der Waals surface area contributed by atoms with E-state index in [1.165, 1.54) is 38.4 Å². The molecular formula is C12H22N4. The number of hydrogen-bond donors (Lipinski definition) is 2. The first-order valence-electron chi connectivity index (χ1n) is 6.06. The Kier molecular flexibility index (Phi) is 5.61. The molecule has 0 aliphatic heterocycles. The van der Waals surface area contributed by atoms with Gasteiger partial charge in [-0.2, -0.15) is 0 Å². The summed E-state index contributed by atoms with van der Waals surface area (Å²) in [7, 11) is 0. The number of aromatic nitrogens is 2. The van der Waals surface area contributed by atoms with Gasteiger partial charge in [0, 0.05) is 12.1 Å². The highest BCUT2D eigenvalue weighted by Crippen LogP contribution is 2.11. The zero-order valence-electron chi connectivity index (χ0n) is 10.2. The maximum atomic E-state index is 5.58. The number of nitrogen functional groups attached to an aromatic ring is 1. The standard InChI is InChI=1S/C12H22N4/c1-3-4-5-6-7-10(2)16-12-8-11(13)14-9-15-12/h8-10H,3-7H2,1-2H3,(H3,13,14,15,16). The van der Waals surface area contributed by atoms with Crippen molar-refractivity contribution in [3.8, 4) is 0 Å². The average molecular weight is 222 g/mol. The minimum atomic E-state index is 0.436. The summed E-state index contributed by atoms with van der Waals surface area (Å²) in [6.07, 6.45) is 7.85. The van der Waals surface area contributed by atoms with Crippen LogP contribution in [-0.2, 0) is 0 Å². The van der Waals surface area contributed by atoms with Gasteiger partial charge in [-0.1, -0.05) is 32.6 Å². The van der Waals surface area contributed by atoms with E-state index in [2.05, 4.69) is 29.1 Å². The number of nitrogens with one attached hydrogen (secondary N) is 1. The van der Waals surface area contributed by atoms with Crippen LogP contribution in [0.5, 0.6) is 0 Å². The smallest absolute Gasteiger partial charge is 0.131 e. The van der Waals surface area contributed by atoms with Crippen molar-refractivity contribution in [1.29, 1.82) is 0 Å². The van der Waals surface area contributed by atoms with E-state index in [0.29, 0.717) is 11.9 Å². The second-order valence-corrected chi connectivity index (χ2v) is 4.22. The lowest BCUT2D eigenvalue weighted by atomic mass is 10.1. The van der Waals surface area contributed by atoms with E-state index >= 15 is 0 Å². The molecule has 1 rings (SSSR count). The first kappa shape index (κ1) is 12.7. The Morgan fingerprint density at radius 3 is 2.81 bits per heavy atom. The molecule has 1 aromatic heterocycles. The lowest BCUT2D eigenvalue weighted by Crippen LogP contribution is -2.16. The van der Waals surface area contributed by atoms with Gasteiger partial charge >= 0.3 is 0 Å². The number of rotatable bonds is 7. The van der Waals surface area contributed by atoms with Gasteiger partial charge in [0.2, 0.25) is 0 Å². The van der Waals surface area contributed by atoms with Crippen LogP contribution in [0.3, 0.4) is 0 Å². The van der Waals surface area contributed by atoms with Gasteiger partial charge in [-0.15, -0.1) is 0 Å². The lowest BCUT2D eigenvalue weighted by molar-refractivity contribution is 0.593. The zero-order valence-corrected chi connectivity index (χ0v) is 10.2. The third kappa shape index (κ3) is 4.96. The van der Waals surface area contributed by atoms with E-state index < -0.39 is 0 Å². The summed E-state index contributed by atoms with van der Waals surface area (Å²) in [6.45, 7) is 4.40. The molecule has 0 aliphatic carbocycles. The summed E-state index contributed by atoms with van der Waals surface area (Å²) in [5.74, 6) is 1.33. The van der Waals surface area contributed by atoms with Crippen LogP contribution in [0.1, 0.15) is 46.0 Å². The molecule has 0 aliphatic rings. The van der Waals surface area contributed by atoms with E-state index in [4.69, 9.17) is 5.73 Å². The normalized spacial score (nSPS) is 12.4. The van der Waals surface area contributed by atoms with Crippen molar-refractivity contribution in [2.24, 2.45) is 0 Å². The van der Waals surface area contributed by atoms with Crippen LogP contribution in [0.4, 0.5) is 11.6 Å². The molecule has 1 heterocycles. The fraction of sp³-hybridized carbons (Fsp3) is 0.667. The van der Waals surface area contributed by atoms with Gasteiger partial charge in [-0.25, -0.2) is 9.97 Å². The highest BCUT2D eigenvalue weighted by atomic mass is 15.0. The molecule has 0 amide bonds. The molecular weight excluding hydrogens is 200 g/mol. The number of nitrogens with zero attached hydrogens (tertiary/aromatic N) is 2. The molecule has 0 radical (unpaired) electrons. The van der Waals surface area contributed by atoms with E-state index in [-0.39, 0.29) is 0 Å². The molecule has 0 saturated heterocycles. The number of unbranched alkanes of at least 4 members (excludes halogenated alkanes) is 3. The van der Waals surface area contributed by atoms with Crippen molar-refractivity contribution in [2.45, 2.75) is 52.0 Å². The van der Waals surface area contributed by atoms with Crippen molar-refractivity contribution in [3.05, 3.63) is 12.4 Å². The topological polar surface area (TPSA) is 63.8 Å². The summed E-state index contributed by atoms with van der Waals surface area (Å²) < 4.78 is 0. The molecule has 4 heteroatoms. The Morgan fingerprint density at radius 2 is 2.12 bits per heavy atom. The highest BCUT2D eigenvalue weighted by molar-refractivity contribution is 5.43. The molecule has 0 spiro atoms. The Morgan fingerprint density at radius 1 is 1.31 bits per heavy atom. The minimum Gasteiger partial charge on any atom is -0.384 e. The zero-order chi connectivity index (χ0) is 11.8. The number of hydrogen-bond acceptors (Lipinski definition) is 4. The van der Waals surface area contributed by atoms with Crippen molar-refractivity contribution < 1.29 is 0 Å². The predicted molar refractivity (Wildman–Crippen MR) is 68.3 cm³/mol. The molecule has 1 aromatic rings. The molecule has 1 unspecified atom stereocenters. The van der Waals surface area contributed by atoms with Crippen LogP contribution in [0.25, 0.3) is 0 Å². The summed E-state index contributed by atoms with van der Waals surface area (Å²) in [6, 6.07) is 2.20. The molecule has 1 atom stereocenters. The molecule has 4 nitrogen and oxygen atoms in total. The van der Waals surface area contributed by atoms with Crippen LogP contribution in [0.15, 0.2) is 12.4 Å². The van der Waals surface area contributed by atoms with Gasteiger partial charge in [0.05, 0.1) is 0 Å². The summed E-state index contributed by atoms with van der Waals surface area (Å²) in [5, 5.41) is 3.33. The van der Waals surface area contributed by atoms with Crippen LogP contribution in [-0.4, -0.2) is 16.0 Å².